The van der Waals surface area contributed by atoms with E-state index in [-0.39, 0.29) is 0 Å². The van der Waals surface area contributed by atoms with Crippen LogP contribution < -0.4 is 0 Å². The molecule has 2 aromatic rings. The lowest BCUT2D eigenvalue weighted by Crippen LogP contribution is -2.35. The summed E-state index contributed by atoms with van der Waals surface area (Å²) in [5, 5.41) is 10.9. The molecule has 0 aliphatic carbocycles. The molecule has 20 heavy (non-hydrogen) atoms. The van der Waals surface area contributed by atoms with E-state index in [1.807, 2.05) is 29.2 Å². The van der Waals surface area contributed by atoms with E-state index < -0.39 is 12.0 Å². The predicted octanol–water partition coefficient (Wildman–Crippen LogP) is 2.94. The van der Waals surface area contributed by atoms with Crippen molar-refractivity contribution in [3.63, 3.8) is 0 Å². The third-order valence-corrected chi connectivity index (χ3v) is 4.19. The summed E-state index contributed by atoms with van der Waals surface area (Å²) in [6.45, 7) is 1.32. The van der Waals surface area contributed by atoms with Gasteiger partial charge in [0.15, 0.2) is 0 Å². The second-order valence-electron chi connectivity index (χ2n) is 5.07. The van der Waals surface area contributed by atoms with Crippen LogP contribution in [0.4, 0.5) is 0 Å². The summed E-state index contributed by atoms with van der Waals surface area (Å²) >= 11 is 6.29. The molecule has 3 rings (SSSR count). The number of hydrogen-bond acceptors (Lipinski definition) is 3. The first-order chi connectivity index (χ1) is 9.66. The Balaban J connectivity index is 1.98. The maximum Gasteiger partial charge on any atom is 0.320 e. The number of aliphatic carboxylic acids is 1. The van der Waals surface area contributed by atoms with Crippen molar-refractivity contribution in [3.8, 4) is 0 Å². The van der Waals surface area contributed by atoms with E-state index in [0.717, 1.165) is 29.4 Å². The van der Waals surface area contributed by atoms with Gasteiger partial charge in [-0.2, -0.15) is 0 Å². The van der Waals surface area contributed by atoms with Gasteiger partial charge in [0.2, 0.25) is 0 Å². The van der Waals surface area contributed by atoms with Gasteiger partial charge in [-0.25, -0.2) is 0 Å². The minimum Gasteiger partial charge on any atom is -0.480 e. The van der Waals surface area contributed by atoms with Gasteiger partial charge < -0.3 is 5.11 Å². The molecule has 1 aliphatic heterocycles. The molecule has 0 radical (unpaired) electrons. The third-order valence-electron chi connectivity index (χ3n) is 3.83. The molecule has 1 aliphatic rings. The topological polar surface area (TPSA) is 53.4 Å². The Morgan fingerprint density at radius 1 is 1.45 bits per heavy atom. The number of carboxylic acids is 1. The molecule has 1 saturated heterocycles. The van der Waals surface area contributed by atoms with Crippen molar-refractivity contribution in [1.82, 2.24) is 9.88 Å². The first-order valence-corrected chi connectivity index (χ1v) is 7.03. The summed E-state index contributed by atoms with van der Waals surface area (Å²) in [5.74, 6) is -0.758. The molecule has 1 fully saturated rings. The lowest BCUT2D eigenvalue weighted by atomic mass is 10.1. The average Bonchev–Trinajstić information content (AvgIpc) is 2.90. The maximum absolute atomic E-state index is 11.3. The number of carbonyl (C=O) groups is 1. The fourth-order valence-corrected chi connectivity index (χ4v) is 3.04. The first kappa shape index (κ1) is 13.3. The molecule has 0 amide bonds. The SMILES string of the molecule is O=C(O)C1CCCN1Cc1c(Cl)ccc2cccnc12. The zero-order valence-electron chi connectivity index (χ0n) is 10.9. The molecule has 4 nitrogen and oxygen atoms in total. The van der Waals surface area contributed by atoms with E-state index in [2.05, 4.69) is 4.98 Å². The lowest BCUT2D eigenvalue weighted by Gasteiger charge is -2.22. The Morgan fingerprint density at radius 2 is 2.30 bits per heavy atom. The molecule has 104 valence electrons. The number of likely N-dealkylation sites (tertiary alicyclic amines) is 1. The summed E-state index contributed by atoms with van der Waals surface area (Å²) in [7, 11) is 0. The number of hydrogen-bond donors (Lipinski definition) is 1. The number of halogens is 1. The van der Waals surface area contributed by atoms with Gasteiger partial charge >= 0.3 is 5.97 Å². The molecule has 1 aromatic carbocycles. The summed E-state index contributed by atoms with van der Waals surface area (Å²) in [6.07, 6.45) is 3.35. The van der Waals surface area contributed by atoms with Crippen LogP contribution >= 0.6 is 11.6 Å². The van der Waals surface area contributed by atoms with Gasteiger partial charge in [-0.05, 0) is 31.5 Å². The Kier molecular flexibility index (Phi) is 3.59. The van der Waals surface area contributed by atoms with Crippen LogP contribution in [0.1, 0.15) is 18.4 Å². The van der Waals surface area contributed by atoms with E-state index in [1.165, 1.54) is 0 Å². The fraction of sp³-hybridized carbons (Fsp3) is 0.333. The van der Waals surface area contributed by atoms with Gasteiger partial charge in [0, 0.05) is 28.7 Å². The van der Waals surface area contributed by atoms with Gasteiger partial charge in [-0.1, -0.05) is 23.7 Å². The van der Waals surface area contributed by atoms with Gasteiger partial charge in [0.05, 0.1) is 5.52 Å². The summed E-state index contributed by atoms with van der Waals surface area (Å²) in [5.41, 5.74) is 1.77. The van der Waals surface area contributed by atoms with Crippen LogP contribution in [-0.4, -0.2) is 33.5 Å². The highest BCUT2D eigenvalue weighted by Gasteiger charge is 2.31. The normalized spacial score (nSPS) is 19.6. The monoisotopic (exact) mass is 290 g/mol. The van der Waals surface area contributed by atoms with Gasteiger partial charge in [0.1, 0.15) is 6.04 Å². The van der Waals surface area contributed by atoms with Gasteiger partial charge in [0.25, 0.3) is 0 Å². The fourth-order valence-electron chi connectivity index (χ4n) is 2.83. The molecule has 1 atom stereocenters. The van der Waals surface area contributed by atoms with Crippen LogP contribution in [0.5, 0.6) is 0 Å². The van der Waals surface area contributed by atoms with Crippen molar-refractivity contribution < 1.29 is 9.90 Å². The Morgan fingerprint density at radius 3 is 3.10 bits per heavy atom. The molecule has 5 heteroatoms. The van der Waals surface area contributed by atoms with E-state index in [9.17, 15) is 9.90 Å². The number of pyridine rings is 1. The van der Waals surface area contributed by atoms with E-state index in [4.69, 9.17) is 11.6 Å². The Hall–Kier alpha value is -1.65. The number of aromatic nitrogens is 1. The Bertz CT molecular complexity index is 659. The summed E-state index contributed by atoms with van der Waals surface area (Å²) < 4.78 is 0. The molecule has 1 unspecified atom stereocenters. The first-order valence-electron chi connectivity index (χ1n) is 6.66. The molecule has 0 saturated carbocycles. The molecule has 0 spiro atoms. The second-order valence-corrected chi connectivity index (χ2v) is 5.48. The summed E-state index contributed by atoms with van der Waals surface area (Å²) in [6, 6.07) is 7.25. The third kappa shape index (κ3) is 2.37. The van der Waals surface area contributed by atoms with Crippen molar-refractivity contribution in [2.75, 3.05) is 6.54 Å². The van der Waals surface area contributed by atoms with Crippen LogP contribution in [0.3, 0.4) is 0 Å². The number of benzene rings is 1. The molecule has 1 N–H and O–H groups in total. The second kappa shape index (κ2) is 5.38. The van der Waals surface area contributed by atoms with E-state index in [0.29, 0.717) is 18.0 Å². The number of fused-ring (bicyclic) bond motifs is 1. The van der Waals surface area contributed by atoms with Crippen LogP contribution in [0.25, 0.3) is 10.9 Å². The van der Waals surface area contributed by atoms with Crippen LogP contribution in [0, 0.1) is 0 Å². The molecule has 1 aromatic heterocycles. The Labute approximate surface area is 122 Å². The van der Waals surface area contributed by atoms with Gasteiger partial charge in [-0.15, -0.1) is 0 Å². The highest BCUT2D eigenvalue weighted by Crippen LogP contribution is 2.28. The number of rotatable bonds is 3. The van der Waals surface area contributed by atoms with E-state index in [1.54, 1.807) is 6.20 Å². The van der Waals surface area contributed by atoms with E-state index >= 15 is 0 Å². The van der Waals surface area contributed by atoms with Gasteiger partial charge in [-0.3, -0.25) is 14.7 Å². The molecular formula is C15H15ClN2O2. The zero-order chi connectivity index (χ0) is 14.1. The maximum atomic E-state index is 11.3. The van der Waals surface area contributed by atoms with Crippen molar-refractivity contribution >= 4 is 28.5 Å². The molecular weight excluding hydrogens is 276 g/mol. The number of carboxylic acid groups (broad SMARTS) is 1. The predicted molar refractivity (Wildman–Crippen MR) is 77.8 cm³/mol. The lowest BCUT2D eigenvalue weighted by molar-refractivity contribution is -0.142. The highest BCUT2D eigenvalue weighted by atomic mass is 35.5. The van der Waals surface area contributed by atoms with Crippen LogP contribution in [0.15, 0.2) is 30.5 Å². The van der Waals surface area contributed by atoms with Crippen molar-refractivity contribution in [1.29, 1.82) is 0 Å². The minimum absolute atomic E-state index is 0.412. The zero-order valence-corrected chi connectivity index (χ0v) is 11.7. The van der Waals surface area contributed by atoms with Crippen molar-refractivity contribution in [2.24, 2.45) is 0 Å². The molecule has 2 heterocycles. The van der Waals surface area contributed by atoms with Crippen molar-refractivity contribution in [2.45, 2.75) is 25.4 Å². The quantitative estimate of drug-likeness (QED) is 0.944. The van der Waals surface area contributed by atoms with Crippen LogP contribution in [0.2, 0.25) is 5.02 Å². The summed E-state index contributed by atoms with van der Waals surface area (Å²) in [4.78, 5) is 17.6. The smallest absolute Gasteiger partial charge is 0.320 e. The standard InChI is InChI=1S/C15H15ClN2O2/c16-12-6-5-10-3-1-7-17-14(10)11(12)9-18-8-2-4-13(18)15(19)20/h1,3,5-7,13H,2,4,8-9H2,(H,19,20). The average molecular weight is 291 g/mol. The molecule has 0 bridgehead atoms. The van der Waals surface area contributed by atoms with Crippen molar-refractivity contribution in [3.05, 3.63) is 41.0 Å². The largest absolute Gasteiger partial charge is 0.480 e. The number of nitrogens with zero attached hydrogens (tertiary/aromatic N) is 2. The van der Waals surface area contributed by atoms with Crippen LogP contribution in [-0.2, 0) is 11.3 Å². The highest BCUT2D eigenvalue weighted by molar-refractivity contribution is 6.32. The minimum atomic E-state index is -0.758.